The Balaban J connectivity index is 2.06. The molecular formula is C19H23NO4S. The minimum Gasteiger partial charge on any atom is -0.480 e. The molecule has 1 amide bonds. The molecule has 1 heterocycles. The number of aliphatic carboxylic acids is 1. The Morgan fingerprint density at radius 1 is 1.16 bits per heavy atom. The molecule has 25 heavy (non-hydrogen) atoms. The molecule has 0 aliphatic heterocycles. The summed E-state index contributed by atoms with van der Waals surface area (Å²) >= 11 is 1.52. The second-order valence-corrected chi connectivity index (χ2v) is 8.04. The molecule has 1 atom stereocenters. The lowest BCUT2D eigenvalue weighted by molar-refractivity contribution is -0.139. The molecule has 2 rings (SSSR count). The minimum atomic E-state index is -1.09. The molecule has 5 nitrogen and oxygen atoms in total. The van der Waals surface area contributed by atoms with Gasteiger partial charge in [-0.1, -0.05) is 29.8 Å². The number of ether oxygens (including phenoxy) is 1. The summed E-state index contributed by atoms with van der Waals surface area (Å²) in [5.41, 5.74) is 1.61. The van der Waals surface area contributed by atoms with Crippen LogP contribution < -0.4 is 5.32 Å². The monoisotopic (exact) mass is 361 g/mol. The minimum absolute atomic E-state index is 0.213. The average Bonchev–Trinajstić information content (AvgIpc) is 2.94. The third kappa shape index (κ3) is 5.90. The van der Waals surface area contributed by atoms with E-state index in [0.717, 1.165) is 15.3 Å². The highest BCUT2D eigenvalue weighted by Crippen LogP contribution is 2.29. The fourth-order valence-corrected chi connectivity index (χ4v) is 3.27. The predicted molar refractivity (Wildman–Crippen MR) is 99.0 cm³/mol. The first-order valence-corrected chi connectivity index (χ1v) is 8.84. The second-order valence-electron chi connectivity index (χ2n) is 6.87. The molecule has 0 aliphatic carbocycles. The van der Waals surface area contributed by atoms with Crippen LogP contribution in [0.3, 0.4) is 0 Å². The van der Waals surface area contributed by atoms with Crippen LogP contribution in [0, 0.1) is 6.92 Å². The normalized spacial score (nSPS) is 12.5. The Morgan fingerprint density at radius 2 is 1.80 bits per heavy atom. The molecule has 0 bridgehead atoms. The molecule has 2 aromatic rings. The van der Waals surface area contributed by atoms with Crippen LogP contribution in [-0.4, -0.2) is 28.8 Å². The number of alkyl carbamates (subject to hydrolysis) is 1. The first kappa shape index (κ1) is 19.0. The van der Waals surface area contributed by atoms with Gasteiger partial charge < -0.3 is 15.2 Å². The maximum absolute atomic E-state index is 11.8. The summed E-state index contributed by atoms with van der Waals surface area (Å²) in [6.45, 7) is 7.23. The number of carboxylic acids is 1. The summed E-state index contributed by atoms with van der Waals surface area (Å²) in [6, 6.07) is 11.0. The number of rotatable bonds is 5. The molecule has 0 saturated heterocycles. The van der Waals surface area contributed by atoms with Crippen LogP contribution in [0.4, 0.5) is 4.79 Å². The van der Waals surface area contributed by atoms with Crippen molar-refractivity contribution in [2.75, 3.05) is 0 Å². The van der Waals surface area contributed by atoms with Gasteiger partial charge in [0, 0.05) is 16.2 Å². The predicted octanol–water partition coefficient (Wildman–Crippen LogP) is 4.24. The number of hydrogen-bond acceptors (Lipinski definition) is 4. The van der Waals surface area contributed by atoms with E-state index in [9.17, 15) is 14.7 Å². The maximum atomic E-state index is 11.8. The van der Waals surface area contributed by atoms with E-state index < -0.39 is 23.7 Å². The molecule has 1 unspecified atom stereocenters. The molecule has 134 valence electrons. The Hall–Kier alpha value is -2.34. The second kappa shape index (κ2) is 7.70. The molecular weight excluding hydrogens is 338 g/mol. The van der Waals surface area contributed by atoms with E-state index in [2.05, 4.69) is 5.32 Å². The number of benzene rings is 1. The smallest absolute Gasteiger partial charge is 0.408 e. The maximum Gasteiger partial charge on any atom is 0.408 e. The zero-order chi connectivity index (χ0) is 18.6. The highest BCUT2D eigenvalue weighted by Gasteiger charge is 2.24. The Bertz CT molecular complexity index is 744. The topological polar surface area (TPSA) is 75.6 Å². The first-order chi connectivity index (χ1) is 11.6. The lowest BCUT2D eigenvalue weighted by Gasteiger charge is -2.21. The molecule has 0 spiro atoms. The molecule has 6 heteroatoms. The molecule has 2 N–H and O–H groups in total. The van der Waals surface area contributed by atoms with E-state index in [1.54, 1.807) is 20.8 Å². The fourth-order valence-electron chi connectivity index (χ4n) is 2.21. The number of aryl methyl sites for hydroxylation is 1. The Labute approximate surface area is 151 Å². The molecule has 0 aliphatic rings. The van der Waals surface area contributed by atoms with Gasteiger partial charge in [0.2, 0.25) is 0 Å². The molecule has 1 aromatic heterocycles. The lowest BCUT2D eigenvalue weighted by atomic mass is 10.1. The van der Waals surface area contributed by atoms with E-state index in [0.29, 0.717) is 0 Å². The van der Waals surface area contributed by atoms with Crippen molar-refractivity contribution in [3.05, 3.63) is 46.8 Å². The fraction of sp³-hybridized carbons (Fsp3) is 0.368. The summed E-state index contributed by atoms with van der Waals surface area (Å²) in [7, 11) is 0. The summed E-state index contributed by atoms with van der Waals surface area (Å²) in [6.07, 6.45) is -0.513. The number of carboxylic acid groups (broad SMARTS) is 1. The van der Waals surface area contributed by atoms with Crippen LogP contribution in [-0.2, 0) is 16.0 Å². The average molecular weight is 361 g/mol. The van der Waals surface area contributed by atoms with Gasteiger partial charge in [-0.2, -0.15) is 0 Å². The van der Waals surface area contributed by atoms with Crippen molar-refractivity contribution in [1.29, 1.82) is 0 Å². The summed E-state index contributed by atoms with van der Waals surface area (Å²) in [5, 5.41) is 11.8. The van der Waals surface area contributed by atoms with E-state index in [1.165, 1.54) is 16.9 Å². The summed E-state index contributed by atoms with van der Waals surface area (Å²) in [5.74, 6) is -1.09. The summed E-state index contributed by atoms with van der Waals surface area (Å²) < 4.78 is 5.13. The Kier molecular flexibility index (Phi) is 5.85. The third-order valence-corrected chi connectivity index (χ3v) is 4.55. The van der Waals surface area contributed by atoms with Crippen molar-refractivity contribution in [3.63, 3.8) is 0 Å². The largest absolute Gasteiger partial charge is 0.480 e. The van der Waals surface area contributed by atoms with Crippen LogP contribution in [0.2, 0.25) is 0 Å². The third-order valence-electron chi connectivity index (χ3n) is 3.39. The van der Waals surface area contributed by atoms with Crippen LogP contribution in [0.1, 0.15) is 31.2 Å². The number of hydrogen-bond donors (Lipinski definition) is 2. The van der Waals surface area contributed by atoms with Crippen molar-refractivity contribution in [2.45, 2.75) is 45.8 Å². The Morgan fingerprint density at radius 3 is 2.36 bits per heavy atom. The van der Waals surface area contributed by atoms with Crippen LogP contribution in [0.5, 0.6) is 0 Å². The molecule has 1 aromatic carbocycles. The van der Waals surface area contributed by atoms with E-state index in [1.807, 2.05) is 43.3 Å². The number of carbonyl (C=O) groups excluding carboxylic acids is 1. The molecule has 0 radical (unpaired) electrons. The van der Waals surface area contributed by atoms with Gasteiger partial charge in [-0.3, -0.25) is 0 Å². The number of amides is 1. The van der Waals surface area contributed by atoms with E-state index in [-0.39, 0.29) is 6.42 Å². The van der Waals surface area contributed by atoms with Crippen molar-refractivity contribution < 1.29 is 19.4 Å². The quantitative estimate of drug-likeness (QED) is 0.835. The highest BCUT2D eigenvalue weighted by atomic mass is 32.1. The van der Waals surface area contributed by atoms with Gasteiger partial charge in [-0.05, 0) is 45.4 Å². The van der Waals surface area contributed by atoms with Gasteiger partial charge in [0.25, 0.3) is 0 Å². The van der Waals surface area contributed by atoms with Gasteiger partial charge in [-0.25, -0.2) is 9.59 Å². The van der Waals surface area contributed by atoms with Gasteiger partial charge in [-0.15, -0.1) is 11.3 Å². The van der Waals surface area contributed by atoms with E-state index >= 15 is 0 Å². The van der Waals surface area contributed by atoms with Crippen molar-refractivity contribution >= 4 is 23.4 Å². The van der Waals surface area contributed by atoms with Crippen molar-refractivity contribution in [2.24, 2.45) is 0 Å². The van der Waals surface area contributed by atoms with E-state index in [4.69, 9.17) is 4.74 Å². The van der Waals surface area contributed by atoms with Gasteiger partial charge in [0.05, 0.1) is 0 Å². The van der Waals surface area contributed by atoms with Crippen LogP contribution in [0.25, 0.3) is 10.4 Å². The van der Waals surface area contributed by atoms with Crippen molar-refractivity contribution in [3.8, 4) is 10.4 Å². The lowest BCUT2D eigenvalue weighted by Crippen LogP contribution is -2.44. The van der Waals surface area contributed by atoms with Crippen LogP contribution >= 0.6 is 11.3 Å². The number of thiophene rings is 1. The SMILES string of the molecule is Cc1ccc(-c2ccc(CC(NC(=O)OC(C)(C)C)C(=O)O)s2)cc1. The number of nitrogens with one attached hydrogen (secondary N) is 1. The van der Waals surface area contributed by atoms with Gasteiger partial charge in [0.1, 0.15) is 11.6 Å². The summed E-state index contributed by atoms with van der Waals surface area (Å²) in [4.78, 5) is 25.2. The van der Waals surface area contributed by atoms with Gasteiger partial charge >= 0.3 is 12.1 Å². The standard InChI is InChI=1S/C19H23NO4S/c1-12-5-7-13(8-6-12)16-10-9-14(25-16)11-15(17(21)22)20-18(23)24-19(2,3)4/h5-10,15H,11H2,1-4H3,(H,20,23)(H,21,22). The molecule has 0 saturated carbocycles. The van der Waals surface area contributed by atoms with Crippen molar-refractivity contribution in [1.82, 2.24) is 5.32 Å². The molecule has 0 fully saturated rings. The zero-order valence-electron chi connectivity index (χ0n) is 14.8. The van der Waals surface area contributed by atoms with Crippen LogP contribution in [0.15, 0.2) is 36.4 Å². The first-order valence-electron chi connectivity index (χ1n) is 8.02. The highest BCUT2D eigenvalue weighted by molar-refractivity contribution is 7.15. The number of carbonyl (C=O) groups is 2. The zero-order valence-corrected chi connectivity index (χ0v) is 15.6. The van der Waals surface area contributed by atoms with Gasteiger partial charge in [0.15, 0.2) is 0 Å².